The highest BCUT2D eigenvalue weighted by Crippen LogP contribution is 2.22. The largest absolute Gasteiger partial charge is 0.380 e. The minimum Gasteiger partial charge on any atom is -0.380 e. The molecule has 18 heavy (non-hydrogen) atoms. The predicted molar refractivity (Wildman–Crippen MR) is 69.3 cm³/mol. The minimum absolute atomic E-state index is 0.0343. The fourth-order valence-corrected chi connectivity index (χ4v) is 4.51. The van der Waals surface area contributed by atoms with Crippen molar-refractivity contribution >= 4 is 10.2 Å². The topological polar surface area (TPSA) is 75.9 Å². The average molecular weight is 277 g/mol. The molecule has 0 aromatic heterocycles. The molecule has 106 valence electrons. The highest BCUT2D eigenvalue weighted by Gasteiger charge is 2.35. The van der Waals surface area contributed by atoms with Crippen molar-refractivity contribution in [2.45, 2.75) is 31.7 Å². The molecule has 0 bridgehead atoms. The van der Waals surface area contributed by atoms with E-state index in [4.69, 9.17) is 10.5 Å². The van der Waals surface area contributed by atoms with Gasteiger partial charge >= 0.3 is 0 Å². The van der Waals surface area contributed by atoms with Gasteiger partial charge in [0.1, 0.15) is 0 Å². The van der Waals surface area contributed by atoms with E-state index in [1.165, 1.54) is 0 Å². The Labute approximate surface area is 109 Å². The first-order valence-corrected chi connectivity index (χ1v) is 8.10. The molecule has 1 unspecified atom stereocenters. The number of piperidine rings is 1. The summed E-state index contributed by atoms with van der Waals surface area (Å²) in [4.78, 5) is 0. The summed E-state index contributed by atoms with van der Waals surface area (Å²) in [6, 6.07) is -0.0343. The third-order valence-corrected chi connectivity index (χ3v) is 5.74. The summed E-state index contributed by atoms with van der Waals surface area (Å²) in [7, 11) is -3.36. The van der Waals surface area contributed by atoms with Crippen molar-refractivity contribution in [3.63, 3.8) is 0 Å². The van der Waals surface area contributed by atoms with Gasteiger partial charge in [-0.15, -0.1) is 0 Å². The molecule has 2 fully saturated rings. The fourth-order valence-electron chi connectivity index (χ4n) is 2.62. The van der Waals surface area contributed by atoms with Crippen LogP contribution in [0.3, 0.4) is 0 Å². The molecule has 0 spiro atoms. The first-order valence-electron chi connectivity index (χ1n) is 6.71. The third kappa shape index (κ3) is 3.03. The first-order chi connectivity index (χ1) is 8.66. The lowest BCUT2D eigenvalue weighted by Crippen LogP contribution is -2.53. The Morgan fingerprint density at radius 2 is 1.94 bits per heavy atom. The van der Waals surface area contributed by atoms with Crippen molar-refractivity contribution in [1.82, 2.24) is 8.61 Å². The number of ether oxygens (including phenoxy) is 1. The zero-order valence-corrected chi connectivity index (χ0v) is 11.6. The van der Waals surface area contributed by atoms with Crippen LogP contribution in [0.2, 0.25) is 0 Å². The maximum absolute atomic E-state index is 12.6. The van der Waals surface area contributed by atoms with Gasteiger partial charge in [0.25, 0.3) is 10.2 Å². The SMILES string of the molecule is NCC1CCCCN1S(=O)(=O)N1CCCOCC1. The normalized spacial score (nSPS) is 29.1. The number of hydrogen-bond acceptors (Lipinski definition) is 4. The molecule has 2 aliphatic rings. The highest BCUT2D eigenvalue weighted by atomic mass is 32.2. The van der Waals surface area contributed by atoms with Crippen molar-refractivity contribution in [3.8, 4) is 0 Å². The highest BCUT2D eigenvalue weighted by molar-refractivity contribution is 7.86. The number of rotatable bonds is 3. The molecule has 7 heteroatoms. The molecule has 2 aliphatic heterocycles. The van der Waals surface area contributed by atoms with E-state index >= 15 is 0 Å². The Hall–Kier alpha value is -0.210. The van der Waals surface area contributed by atoms with Crippen molar-refractivity contribution < 1.29 is 13.2 Å². The monoisotopic (exact) mass is 277 g/mol. The summed E-state index contributed by atoms with van der Waals surface area (Å²) in [6.07, 6.45) is 3.64. The third-order valence-electron chi connectivity index (χ3n) is 3.65. The molecular formula is C11H23N3O3S. The van der Waals surface area contributed by atoms with Crippen LogP contribution in [0.1, 0.15) is 25.7 Å². The molecule has 2 rings (SSSR count). The molecule has 0 radical (unpaired) electrons. The second kappa shape index (κ2) is 6.29. The quantitative estimate of drug-likeness (QED) is 0.773. The summed E-state index contributed by atoms with van der Waals surface area (Å²) in [5, 5.41) is 0. The molecule has 0 aromatic carbocycles. The van der Waals surface area contributed by atoms with Crippen LogP contribution >= 0.6 is 0 Å². The van der Waals surface area contributed by atoms with Crippen LogP contribution in [0.5, 0.6) is 0 Å². The molecular weight excluding hydrogens is 254 g/mol. The molecule has 2 N–H and O–H groups in total. The van der Waals surface area contributed by atoms with Crippen LogP contribution < -0.4 is 5.73 Å². The zero-order valence-electron chi connectivity index (χ0n) is 10.8. The maximum Gasteiger partial charge on any atom is 0.282 e. The van der Waals surface area contributed by atoms with Crippen LogP contribution in [0.4, 0.5) is 0 Å². The molecule has 1 atom stereocenters. The average Bonchev–Trinajstić information content (AvgIpc) is 2.68. The van der Waals surface area contributed by atoms with E-state index in [2.05, 4.69) is 0 Å². The number of nitrogens with two attached hydrogens (primary N) is 1. The first kappa shape index (κ1) is 14.2. The van der Waals surface area contributed by atoms with Gasteiger partial charge in [0.05, 0.1) is 6.61 Å². The molecule has 0 aliphatic carbocycles. The van der Waals surface area contributed by atoms with E-state index < -0.39 is 10.2 Å². The smallest absolute Gasteiger partial charge is 0.282 e. The van der Waals surface area contributed by atoms with E-state index in [1.54, 1.807) is 8.61 Å². The summed E-state index contributed by atoms with van der Waals surface area (Å²) in [6.45, 7) is 3.14. The van der Waals surface area contributed by atoms with E-state index in [9.17, 15) is 8.42 Å². The molecule has 2 saturated heterocycles. The van der Waals surface area contributed by atoms with E-state index in [0.29, 0.717) is 39.4 Å². The molecule has 0 saturated carbocycles. The van der Waals surface area contributed by atoms with E-state index in [0.717, 1.165) is 25.7 Å². The van der Waals surface area contributed by atoms with Gasteiger partial charge < -0.3 is 10.5 Å². The Balaban J connectivity index is 2.12. The van der Waals surface area contributed by atoms with Crippen LogP contribution in [0, 0.1) is 0 Å². The molecule has 0 amide bonds. The molecule has 2 heterocycles. The fraction of sp³-hybridized carbons (Fsp3) is 1.00. The molecule has 6 nitrogen and oxygen atoms in total. The van der Waals surface area contributed by atoms with E-state index in [-0.39, 0.29) is 6.04 Å². The Morgan fingerprint density at radius 3 is 2.72 bits per heavy atom. The van der Waals surface area contributed by atoms with Gasteiger partial charge in [-0.05, 0) is 19.3 Å². The van der Waals surface area contributed by atoms with E-state index in [1.807, 2.05) is 0 Å². The number of nitrogens with zero attached hydrogens (tertiary/aromatic N) is 2. The molecule has 0 aromatic rings. The van der Waals surface area contributed by atoms with Crippen molar-refractivity contribution in [3.05, 3.63) is 0 Å². The van der Waals surface area contributed by atoms with Gasteiger partial charge in [0.15, 0.2) is 0 Å². The summed E-state index contributed by atoms with van der Waals surface area (Å²) in [5.41, 5.74) is 5.70. The Morgan fingerprint density at radius 1 is 1.11 bits per heavy atom. The lowest BCUT2D eigenvalue weighted by molar-refractivity contribution is 0.147. The van der Waals surface area contributed by atoms with Crippen LogP contribution in [0.25, 0.3) is 0 Å². The van der Waals surface area contributed by atoms with Crippen LogP contribution in [-0.4, -0.2) is 62.5 Å². The minimum atomic E-state index is -3.36. The van der Waals surface area contributed by atoms with Crippen molar-refractivity contribution in [2.24, 2.45) is 5.73 Å². The van der Waals surface area contributed by atoms with Gasteiger partial charge in [0.2, 0.25) is 0 Å². The van der Waals surface area contributed by atoms with Gasteiger partial charge in [-0.2, -0.15) is 17.0 Å². The zero-order chi connectivity index (χ0) is 13.0. The Bertz CT molecular complexity index is 353. The second-order valence-electron chi connectivity index (χ2n) is 4.87. The van der Waals surface area contributed by atoms with Crippen molar-refractivity contribution in [2.75, 3.05) is 39.4 Å². The standard InChI is InChI=1S/C11H23N3O3S/c12-10-11-4-1-2-6-14(11)18(15,16)13-5-3-8-17-9-7-13/h11H,1-10,12H2. The predicted octanol–water partition coefficient (Wildman–Crippen LogP) is -0.233. The van der Waals surface area contributed by atoms with Gasteiger partial charge in [-0.25, -0.2) is 0 Å². The van der Waals surface area contributed by atoms with Crippen molar-refractivity contribution in [1.29, 1.82) is 0 Å². The Kier molecular flexibility index (Phi) is 4.97. The summed E-state index contributed by atoms with van der Waals surface area (Å²) in [5.74, 6) is 0. The van der Waals surface area contributed by atoms with Gasteiger partial charge in [-0.1, -0.05) is 6.42 Å². The summed E-state index contributed by atoms with van der Waals surface area (Å²) >= 11 is 0. The maximum atomic E-state index is 12.6. The number of hydrogen-bond donors (Lipinski definition) is 1. The lowest BCUT2D eigenvalue weighted by Gasteiger charge is -2.37. The summed E-state index contributed by atoms with van der Waals surface area (Å²) < 4.78 is 33.7. The van der Waals surface area contributed by atoms with Crippen LogP contribution in [0.15, 0.2) is 0 Å². The van der Waals surface area contributed by atoms with Crippen LogP contribution in [-0.2, 0) is 14.9 Å². The lowest BCUT2D eigenvalue weighted by atomic mass is 10.1. The second-order valence-corrected chi connectivity index (χ2v) is 6.75. The van der Waals surface area contributed by atoms with Gasteiger partial charge in [-0.3, -0.25) is 0 Å². The van der Waals surface area contributed by atoms with Gasteiger partial charge in [0, 0.05) is 38.8 Å².